The van der Waals surface area contributed by atoms with Gasteiger partial charge in [-0.15, -0.1) is 0 Å². The van der Waals surface area contributed by atoms with Gasteiger partial charge in [-0.3, -0.25) is 4.98 Å². The molecule has 4 heteroatoms. The van der Waals surface area contributed by atoms with Gasteiger partial charge in [-0.25, -0.2) is 0 Å². The van der Waals surface area contributed by atoms with E-state index < -0.39 is 0 Å². The highest BCUT2D eigenvalue weighted by molar-refractivity contribution is 7.80. The van der Waals surface area contributed by atoms with Crippen molar-refractivity contribution in [2.75, 3.05) is 5.32 Å². The lowest BCUT2D eigenvalue weighted by Crippen LogP contribution is -2.26. The quantitative estimate of drug-likeness (QED) is 0.763. The zero-order valence-corrected chi connectivity index (χ0v) is 11.6. The molecule has 3 nitrogen and oxygen atoms in total. The highest BCUT2D eigenvalue weighted by atomic mass is 32.1. The van der Waals surface area contributed by atoms with Crippen LogP contribution in [0.15, 0.2) is 18.5 Å². The normalized spacial score (nSPS) is 12.5. The first-order chi connectivity index (χ1) is 8.10. The maximum atomic E-state index is 5.70. The Balaban J connectivity index is 2.84. The number of anilines is 1. The molecule has 3 N–H and O–H groups in total. The Morgan fingerprint density at radius 1 is 1.47 bits per heavy atom. The third-order valence-corrected chi connectivity index (χ3v) is 3.45. The number of aromatic nitrogens is 1. The van der Waals surface area contributed by atoms with E-state index in [2.05, 4.69) is 31.1 Å². The lowest BCUT2D eigenvalue weighted by atomic mass is 9.95. The fraction of sp³-hybridized carbons (Fsp3) is 0.538. The van der Waals surface area contributed by atoms with Crippen molar-refractivity contribution in [3.8, 4) is 0 Å². The molecule has 1 heterocycles. The largest absolute Gasteiger partial charge is 0.389 e. The Bertz CT molecular complexity index is 375. The van der Waals surface area contributed by atoms with Crippen LogP contribution in [-0.4, -0.2) is 16.0 Å². The number of pyridine rings is 1. The SMILES string of the molecule is CCC(CC)C(C)Nc1cnccc1C(N)=S. The number of nitrogens with one attached hydrogen (secondary N) is 1. The van der Waals surface area contributed by atoms with Crippen molar-refractivity contribution >= 4 is 22.9 Å². The van der Waals surface area contributed by atoms with Gasteiger partial charge in [0.15, 0.2) is 0 Å². The highest BCUT2D eigenvalue weighted by Crippen LogP contribution is 2.20. The molecule has 1 aromatic heterocycles. The standard InChI is InChI=1S/C13H21N3S/c1-4-10(5-2)9(3)16-12-8-15-7-6-11(12)13(14)17/h6-10,16H,4-5H2,1-3H3,(H2,14,17). The monoisotopic (exact) mass is 251 g/mol. The molecule has 17 heavy (non-hydrogen) atoms. The molecule has 94 valence electrons. The first-order valence-electron chi connectivity index (χ1n) is 6.10. The number of nitrogens with zero attached hydrogens (tertiary/aromatic N) is 1. The number of rotatable bonds is 6. The van der Waals surface area contributed by atoms with Gasteiger partial charge in [-0.1, -0.05) is 38.9 Å². The van der Waals surface area contributed by atoms with E-state index in [1.807, 2.05) is 6.07 Å². The molecule has 1 atom stereocenters. The summed E-state index contributed by atoms with van der Waals surface area (Å²) in [5, 5.41) is 3.46. The van der Waals surface area contributed by atoms with Gasteiger partial charge < -0.3 is 11.1 Å². The second-order valence-electron chi connectivity index (χ2n) is 4.30. The van der Waals surface area contributed by atoms with E-state index in [1.54, 1.807) is 12.4 Å². The zero-order valence-electron chi connectivity index (χ0n) is 10.7. The Kier molecular flexibility index (Phi) is 5.35. The summed E-state index contributed by atoms with van der Waals surface area (Å²) in [5.74, 6) is 0.648. The molecule has 0 saturated heterocycles. The van der Waals surface area contributed by atoms with Crippen molar-refractivity contribution in [3.63, 3.8) is 0 Å². The van der Waals surface area contributed by atoms with Crippen LogP contribution in [0, 0.1) is 5.92 Å². The van der Waals surface area contributed by atoms with E-state index in [4.69, 9.17) is 18.0 Å². The molecule has 0 bridgehead atoms. The molecule has 1 aromatic rings. The van der Waals surface area contributed by atoms with Crippen LogP contribution < -0.4 is 11.1 Å². The average Bonchev–Trinajstić information content (AvgIpc) is 2.31. The van der Waals surface area contributed by atoms with Crippen molar-refractivity contribution in [2.45, 2.75) is 39.7 Å². The van der Waals surface area contributed by atoms with E-state index in [1.165, 1.54) is 0 Å². The van der Waals surface area contributed by atoms with Gasteiger partial charge in [0.1, 0.15) is 4.99 Å². The van der Waals surface area contributed by atoms with Crippen LogP contribution in [0.1, 0.15) is 39.2 Å². The van der Waals surface area contributed by atoms with Crippen LogP contribution >= 0.6 is 12.2 Å². The third-order valence-electron chi connectivity index (χ3n) is 3.23. The minimum atomic E-state index is 0.391. The minimum absolute atomic E-state index is 0.391. The summed E-state index contributed by atoms with van der Waals surface area (Å²) in [4.78, 5) is 4.52. The van der Waals surface area contributed by atoms with Crippen LogP contribution in [-0.2, 0) is 0 Å². The molecule has 0 fully saturated rings. The zero-order chi connectivity index (χ0) is 12.8. The van der Waals surface area contributed by atoms with Crippen molar-refractivity contribution in [1.29, 1.82) is 0 Å². The van der Waals surface area contributed by atoms with Gasteiger partial charge in [-0.2, -0.15) is 0 Å². The Labute approximate surface area is 109 Å². The van der Waals surface area contributed by atoms with Gasteiger partial charge >= 0.3 is 0 Å². The minimum Gasteiger partial charge on any atom is -0.389 e. The highest BCUT2D eigenvalue weighted by Gasteiger charge is 2.15. The molecular weight excluding hydrogens is 230 g/mol. The molecule has 0 radical (unpaired) electrons. The molecule has 1 unspecified atom stereocenters. The summed E-state index contributed by atoms with van der Waals surface area (Å²) in [5.41, 5.74) is 7.49. The van der Waals surface area contributed by atoms with Gasteiger partial charge in [0.25, 0.3) is 0 Å². The first kappa shape index (κ1) is 13.9. The topological polar surface area (TPSA) is 50.9 Å². The summed E-state index contributed by atoms with van der Waals surface area (Å²) < 4.78 is 0. The molecule has 0 aliphatic heterocycles. The van der Waals surface area contributed by atoms with Gasteiger partial charge in [-0.05, 0) is 18.9 Å². The smallest absolute Gasteiger partial charge is 0.106 e. The summed E-state index contributed by atoms with van der Waals surface area (Å²) in [7, 11) is 0. The molecule has 0 amide bonds. The van der Waals surface area contributed by atoms with E-state index in [0.717, 1.165) is 24.1 Å². The molecule has 1 rings (SSSR count). The number of hydrogen-bond donors (Lipinski definition) is 2. The van der Waals surface area contributed by atoms with E-state index in [-0.39, 0.29) is 0 Å². The van der Waals surface area contributed by atoms with Crippen molar-refractivity contribution in [3.05, 3.63) is 24.0 Å². The van der Waals surface area contributed by atoms with Crippen molar-refractivity contribution in [2.24, 2.45) is 11.7 Å². The average molecular weight is 251 g/mol. The van der Waals surface area contributed by atoms with Gasteiger partial charge in [0, 0.05) is 17.8 Å². The molecule has 0 aliphatic rings. The maximum Gasteiger partial charge on any atom is 0.106 e. The third kappa shape index (κ3) is 3.66. The Morgan fingerprint density at radius 2 is 2.12 bits per heavy atom. The van der Waals surface area contributed by atoms with Crippen LogP contribution in [0.2, 0.25) is 0 Å². The lowest BCUT2D eigenvalue weighted by Gasteiger charge is -2.24. The summed E-state index contributed by atoms with van der Waals surface area (Å²) >= 11 is 5.03. The van der Waals surface area contributed by atoms with Crippen LogP contribution in [0.3, 0.4) is 0 Å². The van der Waals surface area contributed by atoms with Crippen LogP contribution in [0.5, 0.6) is 0 Å². The molecular formula is C13H21N3S. The number of nitrogens with two attached hydrogens (primary N) is 1. The maximum absolute atomic E-state index is 5.70. The van der Waals surface area contributed by atoms with Crippen molar-refractivity contribution < 1.29 is 0 Å². The van der Waals surface area contributed by atoms with Crippen molar-refractivity contribution in [1.82, 2.24) is 4.98 Å². The van der Waals surface area contributed by atoms with E-state index >= 15 is 0 Å². The summed E-state index contributed by atoms with van der Waals surface area (Å²) in [6, 6.07) is 2.24. The van der Waals surface area contributed by atoms with Crippen LogP contribution in [0.25, 0.3) is 0 Å². The van der Waals surface area contributed by atoms with E-state index in [9.17, 15) is 0 Å². The fourth-order valence-electron chi connectivity index (χ4n) is 2.08. The summed E-state index contributed by atoms with van der Waals surface area (Å²) in [6.07, 6.45) is 5.81. The molecule has 0 saturated carbocycles. The molecule has 0 aromatic carbocycles. The lowest BCUT2D eigenvalue weighted by molar-refractivity contribution is 0.438. The Hall–Kier alpha value is -1.16. The predicted octanol–water partition coefficient (Wildman–Crippen LogP) is 2.95. The van der Waals surface area contributed by atoms with Crippen LogP contribution in [0.4, 0.5) is 5.69 Å². The first-order valence-corrected chi connectivity index (χ1v) is 6.51. The fourth-order valence-corrected chi connectivity index (χ4v) is 2.26. The molecule has 0 spiro atoms. The second kappa shape index (κ2) is 6.55. The predicted molar refractivity (Wildman–Crippen MR) is 77.3 cm³/mol. The number of thiocarbonyl (C=S) groups is 1. The number of hydrogen-bond acceptors (Lipinski definition) is 3. The van der Waals surface area contributed by atoms with Gasteiger partial charge in [0.05, 0.1) is 11.9 Å². The summed E-state index contributed by atoms with van der Waals surface area (Å²) in [6.45, 7) is 6.61. The van der Waals surface area contributed by atoms with Gasteiger partial charge in [0.2, 0.25) is 0 Å². The second-order valence-corrected chi connectivity index (χ2v) is 4.73. The Morgan fingerprint density at radius 3 is 2.65 bits per heavy atom. The molecule has 0 aliphatic carbocycles. The van der Waals surface area contributed by atoms with E-state index in [0.29, 0.717) is 16.9 Å².